The van der Waals surface area contributed by atoms with Crippen molar-refractivity contribution in [3.05, 3.63) is 35.7 Å². The lowest BCUT2D eigenvalue weighted by Crippen LogP contribution is -2.28. The third-order valence-electron chi connectivity index (χ3n) is 1.61. The van der Waals surface area contributed by atoms with Gasteiger partial charge in [0.15, 0.2) is 0 Å². The van der Waals surface area contributed by atoms with Crippen LogP contribution in [0.25, 0.3) is 0 Å². The fourth-order valence-electron chi connectivity index (χ4n) is 0.944. The summed E-state index contributed by atoms with van der Waals surface area (Å²) in [6, 6.07) is 2.79. The highest BCUT2D eigenvalue weighted by Gasteiger charge is 2.12. The van der Waals surface area contributed by atoms with Crippen molar-refractivity contribution < 1.29 is 23.4 Å². The van der Waals surface area contributed by atoms with Crippen molar-refractivity contribution in [3.8, 4) is 11.5 Å². The fourth-order valence-corrected chi connectivity index (χ4v) is 1.40. The molecule has 6 nitrogen and oxygen atoms in total. The molecular weight excluding hydrogens is 234 g/mol. The molecule has 1 amide bonds. The van der Waals surface area contributed by atoms with Crippen molar-refractivity contribution in [2.75, 3.05) is 0 Å². The zero-order valence-corrected chi connectivity index (χ0v) is 8.82. The van der Waals surface area contributed by atoms with Crippen LogP contribution in [0, 0.1) is 0 Å². The number of carbonyl (C=O) groups is 1. The van der Waals surface area contributed by atoms with Crippen LogP contribution in [0.2, 0.25) is 0 Å². The van der Waals surface area contributed by atoms with Gasteiger partial charge in [0.25, 0.3) is 15.9 Å². The fraction of sp³-hybridized carbons (Fsp3) is 0. The van der Waals surface area contributed by atoms with Gasteiger partial charge in [-0.05, 0) is 12.1 Å². The van der Waals surface area contributed by atoms with Crippen LogP contribution >= 0.6 is 0 Å². The molecule has 2 N–H and O–H groups in total. The maximum Gasteiger partial charge on any atom is 0.265 e. The molecule has 0 heterocycles. The van der Waals surface area contributed by atoms with Crippen molar-refractivity contribution >= 4 is 15.9 Å². The number of nitrogens with one attached hydrogen (secondary N) is 1. The van der Waals surface area contributed by atoms with Crippen molar-refractivity contribution in [2.24, 2.45) is 0 Å². The number of hydrogen-bond donors (Lipinski definition) is 2. The van der Waals surface area contributed by atoms with E-state index in [0.717, 1.165) is 18.2 Å². The minimum Gasteiger partial charge on any atom is -0.872 e. The lowest BCUT2D eigenvalue weighted by Gasteiger charge is -2.09. The number of phenolic OH excluding ortho intramolecular Hbond substituents is 1. The first-order chi connectivity index (χ1) is 7.34. The Kier molecular flexibility index (Phi) is 3.19. The van der Waals surface area contributed by atoms with Crippen LogP contribution in [0.4, 0.5) is 0 Å². The maximum absolute atomic E-state index is 11.3. The van der Waals surface area contributed by atoms with Gasteiger partial charge >= 0.3 is 0 Å². The molecule has 0 aliphatic rings. The number of sulfonamides is 1. The molecule has 1 aromatic carbocycles. The van der Waals surface area contributed by atoms with E-state index in [4.69, 9.17) is 5.11 Å². The van der Waals surface area contributed by atoms with Crippen LogP contribution in [0.1, 0.15) is 10.4 Å². The Hall–Kier alpha value is -2.02. The molecule has 0 aromatic heterocycles. The molecule has 0 atom stereocenters. The van der Waals surface area contributed by atoms with E-state index in [9.17, 15) is 18.3 Å². The Labute approximate surface area is 91.9 Å². The lowest BCUT2D eigenvalue weighted by molar-refractivity contribution is -0.268. The normalized spacial score (nSPS) is 10.8. The molecule has 16 heavy (non-hydrogen) atoms. The summed E-state index contributed by atoms with van der Waals surface area (Å²) in [7, 11) is -3.91. The van der Waals surface area contributed by atoms with E-state index in [1.807, 2.05) is 0 Å². The Morgan fingerprint density at radius 2 is 2.06 bits per heavy atom. The monoisotopic (exact) mass is 242 g/mol. The Balaban J connectivity index is 3.02. The summed E-state index contributed by atoms with van der Waals surface area (Å²) >= 11 is 0. The summed E-state index contributed by atoms with van der Waals surface area (Å²) in [4.78, 5) is 11.3. The third kappa shape index (κ3) is 2.99. The average molecular weight is 242 g/mol. The Bertz CT molecular complexity index is 515. The quantitative estimate of drug-likeness (QED) is 0.754. The van der Waals surface area contributed by atoms with E-state index in [2.05, 4.69) is 6.58 Å². The summed E-state index contributed by atoms with van der Waals surface area (Å²) in [5, 5.41) is 20.6. The molecule has 1 rings (SSSR count). The van der Waals surface area contributed by atoms with E-state index < -0.39 is 27.4 Å². The van der Waals surface area contributed by atoms with E-state index in [-0.39, 0.29) is 5.56 Å². The standard InChI is InChI=1S/C9H9NO5S/c1-2-16(14,15)10-9(13)6-3-7(11)5-8(12)4-6/h2-5,11-12H,1H2,(H,10,13)/p-1. The first-order valence-electron chi connectivity index (χ1n) is 4.05. The minimum absolute atomic E-state index is 0.240. The number of aromatic hydroxyl groups is 1. The Morgan fingerprint density at radius 1 is 1.44 bits per heavy atom. The second kappa shape index (κ2) is 4.23. The van der Waals surface area contributed by atoms with Crippen molar-refractivity contribution in [1.29, 1.82) is 0 Å². The highest BCUT2D eigenvalue weighted by atomic mass is 32.2. The summed E-state index contributed by atoms with van der Waals surface area (Å²) in [6.45, 7) is 3.00. The topological polar surface area (TPSA) is 107 Å². The van der Waals surface area contributed by atoms with Crippen LogP contribution in [0.3, 0.4) is 0 Å². The van der Waals surface area contributed by atoms with Gasteiger partial charge in [0, 0.05) is 11.0 Å². The van der Waals surface area contributed by atoms with Gasteiger partial charge < -0.3 is 10.2 Å². The van der Waals surface area contributed by atoms with Crippen LogP contribution in [0.5, 0.6) is 11.5 Å². The van der Waals surface area contributed by atoms with Gasteiger partial charge in [-0.3, -0.25) is 4.79 Å². The van der Waals surface area contributed by atoms with E-state index >= 15 is 0 Å². The number of phenols is 1. The molecule has 0 unspecified atom stereocenters. The second-order valence-electron chi connectivity index (χ2n) is 2.86. The summed E-state index contributed by atoms with van der Waals surface area (Å²) in [6.07, 6.45) is 0. The highest BCUT2D eigenvalue weighted by molar-refractivity contribution is 7.92. The van der Waals surface area contributed by atoms with Crippen molar-refractivity contribution in [1.82, 2.24) is 4.72 Å². The first-order valence-corrected chi connectivity index (χ1v) is 5.59. The van der Waals surface area contributed by atoms with Gasteiger partial charge in [0.1, 0.15) is 5.75 Å². The van der Waals surface area contributed by atoms with Crippen LogP contribution in [-0.4, -0.2) is 19.4 Å². The molecule has 7 heteroatoms. The molecule has 1 aromatic rings. The Morgan fingerprint density at radius 3 is 2.56 bits per heavy atom. The third-order valence-corrected chi connectivity index (χ3v) is 2.52. The van der Waals surface area contributed by atoms with E-state index in [1.54, 1.807) is 4.72 Å². The van der Waals surface area contributed by atoms with Gasteiger partial charge in [0.2, 0.25) is 0 Å². The van der Waals surface area contributed by atoms with Crippen LogP contribution in [0.15, 0.2) is 30.2 Å². The molecule has 86 valence electrons. The van der Waals surface area contributed by atoms with Gasteiger partial charge in [-0.15, -0.1) is 5.75 Å². The maximum atomic E-state index is 11.3. The summed E-state index contributed by atoms with van der Waals surface area (Å²) < 4.78 is 23.6. The second-order valence-corrected chi connectivity index (χ2v) is 4.49. The summed E-state index contributed by atoms with van der Waals surface area (Å²) in [5.74, 6) is -2.01. The number of benzene rings is 1. The molecule has 0 saturated heterocycles. The molecule has 0 fully saturated rings. The smallest absolute Gasteiger partial charge is 0.265 e. The first kappa shape index (κ1) is 12.1. The molecule has 0 aliphatic carbocycles. The number of carbonyl (C=O) groups excluding carboxylic acids is 1. The van der Waals surface area contributed by atoms with E-state index in [0.29, 0.717) is 5.41 Å². The van der Waals surface area contributed by atoms with Crippen LogP contribution < -0.4 is 9.83 Å². The molecule has 0 saturated carbocycles. The van der Waals surface area contributed by atoms with Crippen molar-refractivity contribution in [2.45, 2.75) is 0 Å². The lowest BCUT2D eigenvalue weighted by atomic mass is 10.2. The molecule has 0 spiro atoms. The predicted octanol–water partition coefficient (Wildman–Crippen LogP) is -0.331. The van der Waals surface area contributed by atoms with Gasteiger partial charge in [-0.2, -0.15) is 0 Å². The average Bonchev–Trinajstić information content (AvgIpc) is 2.15. The predicted molar refractivity (Wildman–Crippen MR) is 54.1 cm³/mol. The minimum atomic E-state index is -3.91. The van der Waals surface area contributed by atoms with Gasteiger partial charge in [0.05, 0.1) is 0 Å². The zero-order valence-electron chi connectivity index (χ0n) is 8.00. The number of hydrogen-bond acceptors (Lipinski definition) is 5. The largest absolute Gasteiger partial charge is 0.872 e. The number of rotatable bonds is 3. The number of amides is 1. The van der Waals surface area contributed by atoms with Gasteiger partial charge in [-0.1, -0.05) is 12.6 Å². The molecule has 0 bridgehead atoms. The highest BCUT2D eigenvalue weighted by Crippen LogP contribution is 2.18. The van der Waals surface area contributed by atoms with Crippen LogP contribution in [-0.2, 0) is 10.0 Å². The molecule has 0 aliphatic heterocycles. The van der Waals surface area contributed by atoms with Crippen molar-refractivity contribution in [3.63, 3.8) is 0 Å². The van der Waals surface area contributed by atoms with Gasteiger partial charge in [-0.25, -0.2) is 13.1 Å². The zero-order chi connectivity index (χ0) is 12.3. The molecule has 0 radical (unpaired) electrons. The SMILES string of the molecule is C=CS(=O)(=O)NC(=O)c1cc([O-])cc(O)c1. The molecular formula is C9H8NO5S-. The summed E-state index contributed by atoms with van der Waals surface area (Å²) in [5.41, 5.74) is -0.240. The van der Waals surface area contributed by atoms with E-state index in [1.165, 1.54) is 0 Å².